The number of nitrogens with zero attached hydrogens (tertiary/aromatic N) is 2. The van der Waals surface area contributed by atoms with Crippen LogP contribution in [0.15, 0.2) is 36.7 Å². The molecule has 0 fully saturated rings. The summed E-state index contributed by atoms with van der Waals surface area (Å²) in [5.41, 5.74) is 0.732. The molecule has 0 radical (unpaired) electrons. The van der Waals surface area contributed by atoms with E-state index in [2.05, 4.69) is 20.6 Å². The Morgan fingerprint density at radius 2 is 1.21 bits per heavy atom. The molecule has 0 spiro atoms. The monoisotopic (exact) mass is 426 g/mol. The minimum absolute atomic E-state index is 0.0875. The van der Waals surface area contributed by atoms with Gasteiger partial charge in [0.05, 0.1) is 36.7 Å². The molecule has 0 aromatic carbocycles. The first-order valence-electron chi connectivity index (χ1n) is 8.68. The average Bonchev–Trinajstić information content (AvgIpc) is 2.65. The third-order valence-corrected chi connectivity index (χ3v) is 5.38. The molecule has 2 heterocycles. The zero-order valence-corrected chi connectivity index (χ0v) is 16.2. The lowest BCUT2D eigenvalue weighted by atomic mass is 10.2. The second kappa shape index (κ2) is 10.6. The van der Waals surface area contributed by atoms with Crippen molar-refractivity contribution in [3.63, 3.8) is 0 Å². The van der Waals surface area contributed by atoms with Crippen molar-refractivity contribution < 1.29 is 26.8 Å². The van der Waals surface area contributed by atoms with E-state index in [-0.39, 0.29) is 37.4 Å². The molecule has 2 amide bonds. The Bertz CT molecular complexity index is 864. The normalized spacial score (nSPS) is 11.1. The molecule has 0 bridgehead atoms. The highest BCUT2D eigenvalue weighted by Gasteiger charge is 2.13. The highest BCUT2D eigenvalue weighted by molar-refractivity contribution is 7.91. The molecule has 0 aliphatic heterocycles. The molecule has 2 rings (SSSR count). The second-order valence-electron chi connectivity index (χ2n) is 6.14. The van der Waals surface area contributed by atoms with Crippen LogP contribution in [0.2, 0.25) is 0 Å². The first kappa shape index (κ1) is 22.3. The Hall–Kier alpha value is -2.95. The van der Waals surface area contributed by atoms with E-state index >= 15 is 0 Å². The van der Waals surface area contributed by atoms with Crippen molar-refractivity contribution in [2.75, 3.05) is 24.6 Å². The molecule has 8 nitrogen and oxygen atoms in total. The maximum absolute atomic E-state index is 12.8. The molecular formula is C18H20F2N4O4S. The van der Waals surface area contributed by atoms with E-state index < -0.39 is 33.3 Å². The molecule has 0 atom stereocenters. The fourth-order valence-corrected chi connectivity index (χ4v) is 3.30. The van der Waals surface area contributed by atoms with Crippen LogP contribution >= 0.6 is 0 Å². The summed E-state index contributed by atoms with van der Waals surface area (Å²) in [6.45, 7) is -0.175. The van der Waals surface area contributed by atoms with Crippen LogP contribution in [0.1, 0.15) is 11.4 Å². The van der Waals surface area contributed by atoms with E-state index in [1.165, 1.54) is 24.3 Å². The van der Waals surface area contributed by atoms with Crippen LogP contribution in [-0.2, 0) is 32.3 Å². The lowest BCUT2D eigenvalue weighted by Gasteiger charge is -2.08. The van der Waals surface area contributed by atoms with Gasteiger partial charge in [0.25, 0.3) is 0 Å². The first-order valence-corrected chi connectivity index (χ1v) is 10.5. The van der Waals surface area contributed by atoms with Gasteiger partial charge in [-0.1, -0.05) is 0 Å². The van der Waals surface area contributed by atoms with Gasteiger partial charge >= 0.3 is 0 Å². The third-order valence-electron chi connectivity index (χ3n) is 3.73. The van der Waals surface area contributed by atoms with Gasteiger partial charge in [0.15, 0.2) is 9.84 Å². The van der Waals surface area contributed by atoms with Gasteiger partial charge in [-0.3, -0.25) is 19.6 Å². The predicted molar refractivity (Wildman–Crippen MR) is 100 cm³/mol. The predicted octanol–water partition coefficient (Wildman–Crippen LogP) is 0.187. The van der Waals surface area contributed by atoms with Crippen molar-refractivity contribution in [1.29, 1.82) is 0 Å². The van der Waals surface area contributed by atoms with E-state index in [0.717, 1.165) is 12.4 Å². The number of hydrogen-bond acceptors (Lipinski definition) is 6. The largest absolute Gasteiger partial charge is 0.355 e. The zero-order chi connectivity index (χ0) is 21.3. The Labute approximate surface area is 166 Å². The van der Waals surface area contributed by atoms with Crippen LogP contribution in [0.25, 0.3) is 0 Å². The minimum Gasteiger partial charge on any atom is -0.355 e. The van der Waals surface area contributed by atoms with Gasteiger partial charge in [0.2, 0.25) is 11.8 Å². The van der Waals surface area contributed by atoms with Crippen molar-refractivity contribution >= 4 is 21.7 Å². The second-order valence-corrected chi connectivity index (χ2v) is 8.44. The van der Waals surface area contributed by atoms with Gasteiger partial charge in [-0.2, -0.15) is 0 Å². The van der Waals surface area contributed by atoms with E-state index in [0.29, 0.717) is 11.4 Å². The molecule has 0 aliphatic carbocycles. The third kappa shape index (κ3) is 8.73. The number of amides is 2. The number of hydrogen-bond donors (Lipinski definition) is 2. The van der Waals surface area contributed by atoms with Crippen LogP contribution in [0.3, 0.4) is 0 Å². The molecule has 11 heteroatoms. The van der Waals surface area contributed by atoms with E-state index in [9.17, 15) is 26.8 Å². The van der Waals surface area contributed by atoms with Crippen LogP contribution in [0.4, 0.5) is 8.78 Å². The zero-order valence-electron chi connectivity index (χ0n) is 15.4. The summed E-state index contributed by atoms with van der Waals surface area (Å²) in [6, 6.07) is 5.10. The minimum atomic E-state index is -3.49. The van der Waals surface area contributed by atoms with Crippen molar-refractivity contribution in [2.24, 2.45) is 0 Å². The van der Waals surface area contributed by atoms with E-state index in [1.54, 1.807) is 0 Å². The topological polar surface area (TPSA) is 118 Å². The van der Waals surface area contributed by atoms with Crippen LogP contribution in [0, 0.1) is 11.6 Å². The average molecular weight is 426 g/mol. The van der Waals surface area contributed by atoms with Gasteiger partial charge in [0.1, 0.15) is 11.6 Å². The highest BCUT2D eigenvalue weighted by Crippen LogP contribution is 2.00. The number of sulfone groups is 1. The van der Waals surface area contributed by atoms with Gasteiger partial charge in [-0.15, -0.1) is 0 Å². The quantitative estimate of drug-likeness (QED) is 0.560. The summed E-state index contributed by atoms with van der Waals surface area (Å²) in [5.74, 6) is -2.46. The van der Waals surface area contributed by atoms with Gasteiger partial charge in [-0.05, 0) is 24.3 Å². The number of nitrogens with one attached hydrogen (secondary N) is 2. The lowest BCUT2D eigenvalue weighted by molar-refractivity contribution is -0.121. The summed E-state index contributed by atoms with van der Waals surface area (Å²) in [7, 11) is -3.49. The smallest absolute Gasteiger partial charge is 0.226 e. The Morgan fingerprint density at radius 1 is 0.793 bits per heavy atom. The number of aromatic nitrogens is 2. The van der Waals surface area contributed by atoms with Gasteiger partial charge in [0, 0.05) is 24.5 Å². The summed E-state index contributed by atoms with van der Waals surface area (Å²) in [4.78, 5) is 31.0. The summed E-state index contributed by atoms with van der Waals surface area (Å²) >= 11 is 0. The number of pyridine rings is 2. The van der Waals surface area contributed by atoms with Gasteiger partial charge < -0.3 is 10.6 Å². The van der Waals surface area contributed by atoms with Gasteiger partial charge in [-0.25, -0.2) is 17.2 Å². The Balaban J connectivity index is 1.64. The van der Waals surface area contributed by atoms with Crippen molar-refractivity contribution in [2.45, 2.75) is 12.8 Å². The Morgan fingerprint density at radius 3 is 1.55 bits per heavy atom. The highest BCUT2D eigenvalue weighted by atomic mass is 32.2. The summed E-state index contributed by atoms with van der Waals surface area (Å²) in [5, 5.41) is 4.92. The van der Waals surface area contributed by atoms with Crippen LogP contribution < -0.4 is 10.6 Å². The lowest BCUT2D eigenvalue weighted by Crippen LogP contribution is -2.34. The number of carbonyl (C=O) groups excluding carboxylic acids is 2. The SMILES string of the molecule is O=C(Cc1ccc(F)cn1)NCCS(=O)(=O)CCNC(=O)Cc1ccc(F)cn1. The van der Waals surface area contributed by atoms with Crippen molar-refractivity contribution in [1.82, 2.24) is 20.6 Å². The fraction of sp³-hybridized carbons (Fsp3) is 0.333. The summed E-state index contributed by atoms with van der Waals surface area (Å²) < 4.78 is 49.5. The summed E-state index contributed by atoms with van der Waals surface area (Å²) in [6.07, 6.45) is 1.81. The van der Waals surface area contributed by atoms with Crippen LogP contribution in [-0.4, -0.2) is 54.8 Å². The van der Waals surface area contributed by atoms with E-state index in [1.807, 2.05) is 0 Å². The molecule has 0 saturated heterocycles. The van der Waals surface area contributed by atoms with Crippen LogP contribution in [0.5, 0.6) is 0 Å². The molecular weight excluding hydrogens is 406 g/mol. The number of carbonyl (C=O) groups is 2. The molecule has 0 aliphatic rings. The number of rotatable bonds is 10. The molecule has 2 aromatic heterocycles. The van der Waals surface area contributed by atoms with E-state index in [4.69, 9.17) is 0 Å². The molecule has 156 valence electrons. The molecule has 29 heavy (non-hydrogen) atoms. The maximum atomic E-state index is 12.8. The fourth-order valence-electron chi connectivity index (χ4n) is 2.27. The molecule has 2 N–H and O–H groups in total. The van der Waals surface area contributed by atoms with Crippen molar-refractivity contribution in [3.8, 4) is 0 Å². The first-order chi connectivity index (χ1) is 13.7. The standard InChI is InChI=1S/C18H20F2N4O4S/c19-13-1-3-15(23-11-13)9-17(25)21-5-7-29(27,28)8-6-22-18(26)10-16-4-2-14(20)12-24-16/h1-4,11-12H,5-10H2,(H,21,25)(H,22,26). The molecule has 0 saturated carbocycles. The number of halogens is 2. The molecule has 2 aromatic rings. The Kier molecular flexibility index (Phi) is 8.13. The molecule has 0 unspecified atom stereocenters. The maximum Gasteiger partial charge on any atom is 0.226 e. The van der Waals surface area contributed by atoms with Crippen molar-refractivity contribution in [3.05, 3.63) is 59.7 Å².